The van der Waals surface area contributed by atoms with Crippen LogP contribution in [0.2, 0.25) is 0 Å². The molecule has 0 aromatic heterocycles. The number of anilines is 1. The van der Waals surface area contributed by atoms with Gasteiger partial charge in [0, 0.05) is 13.0 Å². The maximum absolute atomic E-state index is 13.8. The van der Waals surface area contributed by atoms with Crippen molar-refractivity contribution in [1.29, 1.82) is 0 Å². The molecule has 0 bridgehead atoms. The van der Waals surface area contributed by atoms with Crippen LogP contribution in [0.15, 0.2) is 18.2 Å². The maximum atomic E-state index is 13.8. The highest BCUT2D eigenvalue weighted by Gasteiger charge is 2.33. The summed E-state index contributed by atoms with van der Waals surface area (Å²) < 4.78 is 13.8. The molecular formula is C12H12FNO3S. The smallest absolute Gasteiger partial charge is 0.337 e. The highest BCUT2D eigenvalue weighted by Crippen LogP contribution is 2.31. The highest BCUT2D eigenvalue weighted by atomic mass is 32.1. The van der Waals surface area contributed by atoms with Crippen LogP contribution in [0.4, 0.5) is 10.1 Å². The Balaban J connectivity index is 2.45. The van der Waals surface area contributed by atoms with Crippen molar-refractivity contribution < 1.29 is 19.1 Å². The van der Waals surface area contributed by atoms with Gasteiger partial charge in [0.15, 0.2) is 0 Å². The summed E-state index contributed by atoms with van der Waals surface area (Å²) in [5, 5.41) is 9.04. The number of carboxylic acids is 1. The summed E-state index contributed by atoms with van der Waals surface area (Å²) in [5.41, 5.74) is -0.331. The Kier molecular flexibility index (Phi) is 3.56. The predicted molar refractivity (Wildman–Crippen MR) is 67.7 cm³/mol. The molecule has 1 saturated heterocycles. The Hall–Kier alpha value is -1.56. The second-order valence-electron chi connectivity index (χ2n) is 4.20. The third kappa shape index (κ3) is 2.20. The van der Waals surface area contributed by atoms with Crippen molar-refractivity contribution in [3.8, 4) is 0 Å². The van der Waals surface area contributed by atoms with Crippen molar-refractivity contribution in [3.05, 3.63) is 29.6 Å². The quantitative estimate of drug-likeness (QED) is 0.823. The lowest BCUT2D eigenvalue weighted by molar-refractivity contribution is -0.117. The molecule has 1 heterocycles. The van der Waals surface area contributed by atoms with Crippen molar-refractivity contribution in [2.24, 2.45) is 5.92 Å². The first-order chi connectivity index (χ1) is 8.54. The number of hydrogen-bond donors (Lipinski definition) is 2. The third-order valence-electron chi connectivity index (χ3n) is 2.95. The monoisotopic (exact) mass is 269 g/mol. The lowest BCUT2D eigenvalue weighted by Crippen LogP contribution is -2.27. The number of para-hydroxylation sites is 1. The van der Waals surface area contributed by atoms with Gasteiger partial charge in [-0.3, -0.25) is 4.79 Å². The summed E-state index contributed by atoms with van der Waals surface area (Å²) in [5.74, 6) is -1.66. The number of carbonyl (C=O) groups excluding carboxylic acids is 1. The van der Waals surface area contributed by atoms with Gasteiger partial charge in [0.1, 0.15) is 5.82 Å². The van der Waals surface area contributed by atoms with E-state index in [2.05, 4.69) is 12.6 Å². The Labute approximate surface area is 109 Å². The number of benzene rings is 1. The van der Waals surface area contributed by atoms with Crippen LogP contribution < -0.4 is 4.90 Å². The molecule has 1 aliphatic rings. The van der Waals surface area contributed by atoms with Gasteiger partial charge in [-0.15, -0.1) is 0 Å². The fraction of sp³-hybridized carbons (Fsp3) is 0.333. The van der Waals surface area contributed by atoms with Crippen LogP contribution >= 0.6 is 12.6 Å². The van der Waals surface area contributed by atoms with Crippen molar-refractivity contribution >= 4 is 30.2 Å². The van der Waals surface area contributed by atoms with E-state index in [1.54, 1.807) is 0 Å². The normalized spacial score (nSPS) is 19.3. The van der Waals surface area contributed by atoms with Crippen LogP contribution in [-0.2, 0) is 4.79 Å². The zero-order valence-electron chi connectivity index (χ0n) is 9.47. The molecule has 0 radical (unpaired) electrons. The molecule has 1 N–H and O–H groups in total. The predicted octanol–water partition coefficient (Wildman–Crippen LogP) is 1.81. The van der Waals surface area contributed by atoms with Crippen LogP contribution in [0, 0.1) is 11.7 Å². The molecule has 1 amide bonds. The Morgan fingerprint density at radius 2 is 2.28 bits per heavy atom. The largest absolute Gasteiger partial charge is 0.478 e. The molecule has 1 aromatic rings. The molecule has 1 unspecified atom stereocenters. The molecule has 0 aliphatic carbocycles. The molecule has 96 valence electrons. The first-order valence-electron chi connectivity index (χ1n) is 5.47. The molecule has 1 aliphatic heterocycles. The summed E-state index contributed by atoms with van der Waals surface area (Å²) in [6.07, 6.45) is 0.275. The SMILES string of the molecule is O=C(O)c1cccc(F)c1N1CC(CS)CC1=O. The first kappa shape index (κ1) is 12.9. The third-order valence-corrected chi connectivity index (χ3v) is 3.47. The van der Waals surface area contributed by atoms with E-state index in [0.29, 0.717) is 12.3 Å². The standard InChI is InChI=1S/C12H12FNO3S/c13-9-3-1-2-8(12(16)17)11(9)14-5-7(6-18)4-10(14)15/h1-3,7,18H,4-6H2,(H,16,17). The number of rotatable bonds is 3. The van der Waals surface area contributed by atoms with E-state index in [1.807, 2.05) is 0 Å². The van der Waals surface area contributed by atoms with Gasteiger partial charge < -0.3 is 10.0 Å². The average Bonchev–Trinajstić information content (AvgIpc) is 2.70. The van der Waals surface area contributed by atoms with Gasteiger partial charge in [-0.2, -0.15) is 12.6 Å². The van der Waals surface area contributed by atoms with Crippen molar-refractivity contribution in [1.82, 2.24) is 0 Å². The highest BCUT2D eigenvalue weighted by molar-refractivity contribution is 7.80. The summed E-state index contributed by atoms with van der Waals surface area (Å²) in [4.78, 5) is 24.1. The van der Waals surface area contributed by atoms with Gasteiger partial charge >= 0.3 is 5.97 Å². The number of carbonyl (C=O) groups is 2. The van der Waals surface area contributed by atoms with E-state index in [-0.39, 0.29) is 29.5 Å². The second kappa shape index (κ2) is 4.97. The minimum Gasteiger partial charge on any atom is -0.478 e. The van der Waals surface area contributed by atoms with Gasteiger partial charge in [-0.25, -0.2) is 9.18 Å². The minimum atomic E-state index is -1.24. The van der Waals surface area contributed by atoms with Crippen molar-refractivity contribution in [2.45, 2.75) is 6.42 Å². The van der Waals surface area contributed by atoms with Crippen LogP contribution in [0.5, 0.6) is 0 Å². The Morgan fingerprint density at radius 1 is 1.56 bits per heavy atom. The number of nitrogens with zero attached hydrogens (tertiary/aromatic N) is 1. The number of thiol groups is 1. The number of aromatic carboxylic acids is 1. The van der Waals surface area contributed by atoms with Crippen molar-refractivity contribution in [3.63, 3.8) is 0 Å². The second-order valence-corrected chi connectivity index (χ2v) is 4.56. The molecule has 2 rings (SSSR count). The minimum absolute atomic E-state index is 0.0297. The summed E-state index contributed by atoms with van der Waals surface area (Å²) in [7, 11) is 0. The summed E-state index contributed by atoms with van der Waals surface area (Å²) in [6.45, 7) is 0.309. The zero-order valence-corrected chi connectivity index (χ0v) is 10.4. The van der Waals surface area contributed by atoms with Crippen molar-refractivity contribution in [2.75, 3.05) is 17.2 Å². The first-order valence-corrected chi connectivity index (χ1v) is 6.11. The van der Waals surface area contributed by atoms with Crippen LogP contribution in [0.3, 0.4) is 0 Å². The van der Waals surface area contributed by atoms with Gasteiger partial charge in [0.25, 0.3) is 0 Å². The topological polar surface area (TPSA) is 57.6 Å². The van der Waals surface area contributed by atoms with E-state index in [9.17, 15) is 14.0 Å². The van der Waals surface area contributed by atoms with Crippen LogP contribution in [0.25, 0.3) is 0 Å². The number of halogens is 1. The molecule has 1 atom stereocenters. The molecule has 4 nitrogen and oxygen atoms in total. The molecule has 0 spiro atoms. The van der Waals surface area contributed by atoms with E-state index in [1.165, 1.54) is 17.0 Å². The molecule has 6 heteroatoms. The fourth-order valence-corrected chi connectivity index (χ4v) is 2.33. The van der Waals surface area contributed by atoms with Gasteiger partial charge in [0.05, 0.1) is 11.3 Å². The fourth-order valence-electron chi connectivity index (χ4n) is 2.08. The Bertz CT molecular complexity index is 506. The summed E-state index contributed by atoms with van der Waals surface area (Å²) >= 11 is 4.11. The van der Waals surface area contributed by atoms with Gasteiger partial charge in [0.2, 0.25) is 5.91 Å². The maximum Gasteiger partial charge on any atom is 0.337 e. The van der Waals surface area contributed by atoms with E-state index >= 15 is 0 Å². The zero-order chi connectivity index (χ0) is 13.3. The van der Waals surface area contributed by atoms with E-state index in [0.717, 1.165) is 6.07 Å². The van der Waals surface area contributed by atoms with Gasteiger partial charge in [-0.1, -0.05) is 6.07 Å². The molecule has 0 saturated carbocycles. The molecule has 1 fully saturated rings. The van der Waals surface area contributed by atoms with E-state index < -0.39 is 11.8 Å². The number of hydrogen-bond acceptors (Lipinski definition) is 3. The average molecular weight is 269 g/mol. The summed E-state index contributed by atoms with van der Waals surface area (Å²) in [6, 6.07) is 3.77. The van der Waals surface area contributed by atoms with Crippen LogP contribution in [0.1, 0.15) is 16.8 Å². The molecular weight excluding hydrogens is 257 g/mol. The lowest BCUT2D eigenvalue weighted by atomic mass is 10.1. The van der Waals surface area contributed by atoms with E-state index in [4.69, 9.17) is 5.11 Å². The van der Waals surface area contributed by atoms with Gasteiger partial charge in [-0.05, 0) is 23.8 Å². The number of amides is 1. The van der Waals surface area contributed by atoms with Crippen LogP contribution in [-0.4, -0.2) is 29.3 Å². The lowest BCUT2D eigenvalue weighted by Gasteiger charge is -2.19. The number of carboxylic acid groups (broad SMARTS) is 1. The Morgan fingerprint density at radius 3 is 2.83 bits per heavy atom. The molecule has 1 aromatic carbocycles. The molecule has 18 heavy (non-hydrogen) atoms.